The van der Waals surface area contributed by atoms with Crippen LogP contribution in [0.3, 0.4) is 0 Å². The minimum atomic E-state index is -1.55. The van der Waals surface area contributed by atoms with Crippen LogP contribution in [0, 0.1) is 0 Å². The molecule has 0 bridgehead atoms. The molecule has 8 nitrogen and oxygen atoms in total. The molecule has 17 heavy (non-hydrogen) atoms. The zero-order valence-corrected chi connectivity index (χ0v) is 11.7. The Morgan fingerprint density at radius 3 is 2.06 bits per heavy atom. The SMILES string of the molecule is CCOC(=O)OC(=O)OC(=O)COC(C)=O.[H-].[Na+]. The smallest absolute Gasteiger partial charge is 1.00 e. The summed E-state index contributed by atoms with van der Waals surface area (Å²) in [6, 6.07) is 0. The van der Waals surface area contributed by atoms with Crippen molar-refractivity contribution in [2.24, 2.45) is 0 Å². The standard InChI is InChI=1S/C8H10O8.Na.H/c1-3-13-7(11)16-8(12)15-6(10)4-14-5(2)9;;/h3-4H2,1-2H3;;/q;+1;-1. The summed E-state index contributed by atoms with van der Waals surface area (Å²) < 4.78 is 16.3. The number of esters is 2. The number of hydrogen-bond acceptors (Lipinski definition) is 8. The van der Waals surface area contributed by atoms with Gasteiger partial charge in [0.2, 0.25) is 0 Å². The summed E-state index contributed by atoms with van der Waals surface area (Å²) in [5.41, 5.74) is 0. The molecule has 0 saturated carbocycles. The van der Waals surface area contributed by atoms with Gasteiger partial charge in [0.15, 0.2) is 6.61 Å². The van der Waals surface area contributed by atoms with Crippen LogP contribution >= 0.6 is 0 Å². The van der Waals surface area contributed by atoms with Gasteiger partial charge in [0, 0.05) is 6.92 Å². The Morgan fingerprint density at radius 1 is 1.00 bits per heavy atom. The van der Waals surface area contributed by atoms with E-state index < -0.39 is 30.9 Å². The summed E-state index contributed by atoms with van der Waals surface area (Å²) in [5, 5.41) is 0. The largest absolute Gasteiger partial charge is 1.00 e. The van der Waals surface area contributed by atoms with Crippen LogP contribution in [-0.4, -0.2) is 37.5 Å². The van der Waals surface area contributed by atoms with Crippen molar-refractivity contribution in [3.8, 4) is 0 Å². The molecule has 0 rings (SSSR count). The van der Waals surface area contributed by atoms with Crippen LogP contribution in [-0.2, 0) is 28.5 Å². The van der Waals surface area contributed by atoms with Crippen LogP contribution in [0.1, 0.15) is 15.3 Å². The predicted molar refractivity (Wildman–Crippen MR) is 47.3 cm³/mol. The second-order valence-corrected chi connectivity index (χ2v) is 2.29. The van der Waals surface area contributed by atoms with Gasteiger partial charge in [-0.3, -0.25) is 4.79 Å². The van der Waals surface area contributed by atoms with Gasteiger partial charge in [-0.05, 0) is 6.92 Å². The van der Waals surface area contributed by atoms with Crippen molar-refractivity contribution < 1.29 is 69.1 Å². The van der Waals surface area contributed by atoms with Crippen LogP contribution in [0.4, 0.5) is 9.59 Å². The summed E-state index contributed by atoms with van der Waals surface area (Å²) in [5.74, 6) is -1.87. The van der Waals surface area contributed by atoms with Gasteiger partial charge in [-0.15, -0.1) is 0 Å². The Labute approximate surface area is 120 Å². The molecule has 0 aliphatic carbocycles. The van der Waals surface area contributed by atoms with Gasteiger partial charge in [-0.1, -0.05) is 0 Å². The molecular formula is C8H11NaO8. The van der Waals surface area contributed by atoms with E-state index in [0.29, 0.717) is 0 Å². The second kappa shape index (κ2) is 10.1. The van der Waals surface area contributed by atoms with Crippen molar-refractivity contribution in [3.05, 3.63) is 0 Å². The summed E-state index contributed by atoms with van der Waals surface area (Å²) in [4.78, 5) is 42.3. The van der Waals surface area contributed by atoms with E-state index in [-0.39, 0.29) is 37.6 Å². The number of hydrogen-bond donors (Lipinski definition) is 0. The van der Waals surface area contributed by atoms with Crippen molar-refractivity contribution in [2.45, 2.75) is 13.8 Å². The van der Waals surface area contributed by atoms with Crippen LogP contribution in [0.5, 0.6) is 0 Å². The van der Waals surface area contributed by atoms with Gasteiger partial charge >= 0.3 is 53.8 Å². The quantitative estimate of drug-likeness (QED) is 0.237. The first-order valence-electron chi connectivity index (χ1n) is 4.18. The Balaban J connectivity index is -0.00000112. The van der Waals surface area contributed by atoms with E-state index in [4.69, 9.17) is 0 Å². The molecular weight excluding hydrogens is 247 g/mol. The topological polar surface area (TPSA) is 105 Å². The fourth-order valence-electron chi connectivity index (χ4n) is 0.519. The molecule has 9 heteroatoms. The van der Waals surface area contributed by atoms with Crippen molar-refractivity contribution in [1.29, 1.82) is 0 Å². The maximum absolute atomic E-state index is 10.7. The Bertz CT molecular complexity index is 305. The minimum absolute atomic E-state index is 0. The van der Waals surface area contributed by atoms with E-state index in [1.165, 1.54) is 6.92 Å². The van der Waals surface area contributed by atoms with E-state index in [9.17, 15) is 19.2 Å². The van der Waals surface area contributed by atoms with Gasteiger partial charge < -0.3 is 20.4 Å². The van der Waals surface area contributed by atoms with Gasteiger partial charge in [-0.25, -0.2) is 14.4 Å². The van der Waals surface area contributed by atoms with E-state index in [0.717, 1.165) is 6.92 Å². The van der Waals surface area contributed by atoms with Crippen LogP contribution < -0.4 is 29.6 Å². The van der Waals surface area contributed by atoms with Crippen molar-refractivity contribution >= 4 is 24.2 Å². The molecule has 0 fully saturated rings. The van der Waals surface area contributed by atoms with Crippen LogP contribution in [0.15, 0.2) is 0 Å². The van der Waals surface area contributed by atoms with Gasteiger partial charge in [0.1, 0.15) is 0 Å². The second-order valence-electron chi connectivity index (χ2n) is 2.29. The zero-order chi connectivity index (χ0) is 12.6. The van der Waals surface area contributed by atoms with Crippen molar-refractivity contribution in [2.75, 3.05) is 13.2 Å². The van der Waals surface area contributed by atoms with Crippen LogP contribution in [0.25, 0.3) is 0 Å². The normalized spacial score (nSPS) is 8.35. The minimum Gasteiger partial charge on any atom is -1.00 e. The molecule has 0 amide bonds. The van der Waals surface area contributed by atoms with E-state index in [1.807, 2.05) is 0 Å². The summed E-state index contributed by atoms with van der Waals surface area (Å²) >= 11 is 0. The fraction of sp³-hybridized carbons (Fsp3) is 0.500. The molecule has 0 saturated heterocycles. The van der Waals surface area contributed by atoms with Gasteiger partial charge in [0.25, 0.3) is 0 Å². The number of carbonyl (C=O) groups excluding carboxylic acids is 4. The Kier molecular flexibility index (Phi) is 10.8. The molecule has 0 aliphatic heterocycles. The first-order valence-corrected chi connectivity index (χ1v) is 4.18. The zero-order valence-electron chi connectivity index (χ0n) is 10.7. The third-order valence-electron chi connectivity index (χ3n) is 1.02. The van der Waals surface area contributed by atoms with E-state index >= 15 is 0 Å². The molecule has 0 N–H and O–H groups in total. The van der Waals surface area contributed by atoms with Crippen molar-refractivity contribution in [3.63, 3.8) is 0 Å². The third-order valence-corrected chi connectivity index (χ3v) is 1.02. The number of ether oxygens (including phenoxy) is 4. The van der Waals surface area contributed by atoms with E-state index in [1.54, 1.807) is 0 Å². The molecule has 0 aromatic rings. The number of rotatable bonds is 3. The Hall–Kier alpha value is -1.12. The average Bonchev–Trinajstić information content (AvgIpc) is 2.14. The summed E-state index contributed by atoms with van der Waals surface area (Å²) in [6.45, 7) is 1.84. The summed E-state index contributed by atoms with van der Waals surface area (Å²) in [7, 11) is 0. The molecule has 0 aliphatic rings. The molecule has 92 valence electrons. The van der Waals surface area contributed by atoms with Gasteiger partial charge in [-0.2, -0.15) is 0 Å². The van der Waals surface area contributed by atoms with Crippen LogP contribution in [0.2, 0.25) is 0 Å². The molecule has 0 unspecified atom stereocenters. The summed E-state index contributed by atoms with van der Waals surface area (Å²) in [6.07, 6.45) is -2.83. The fourth-order valence-corrected chi connectivity index (χ4v) is 0.519. The average molecular weight is 258 g/mol. The molecule has 0 heterocycles. The molecule has 0 aromatic carbocycles. The first kappa shape index (κ1) is 18.3. The van der Waals surface area contributed by atoms with E-state index in [2.05, 4.69) is 18.9 Å². The molecule has 0 spiro atoms. The molecule has 0 radical (unpaired) electrons. The first-order chi connectivity index (χ1) is 7.45. The maximum atomic E-state index is 10.7. The van der Waals surface area contributed by atoms with Gasteiger partial charge in [0.05, 0.1) is 6.61 Å². The third kappa shape index (κ3) is 11.1. The predicted octanol–water partition coefficient (Wildman–Crippen LogP) is -2.50. The van der Waals surface area contributed by atoms with Crippen molar-refractivity contribution in [1.82, 2.24) is 0 Å². The monoisotopic (exact) mass is 258 g/mol. The molecule has 0 atom stereocenters. The maximum Gasteiger partial charge on any atom is 1.00 e. The Morgan fingerprint density at radius 2 is 1.59 bits per heavy atom. The molecule has 0 aromatic heterocycles. The number of carbonyl (C=O) groups is 4.